The molecule has 1 aromatic rings. The van der Waals surface area contributed by atoms with Crippen molar-refractivity contribution in [3.05, 3.63) is 17.5 Å². The number of aromatic nitrogens is 2. The summed E-state index contributed by atoms with van der Waals surface area (Å²) in [4.78, 5) is 0. The third-order valence-electron chi connectivity index (χ3n) is 3.29. The Kier molecular flexibility index (Phi) is 6.21. The van der Waals surface area contributed by atoms with Crippen molar-refractivity contribution in [3.8, 4) is 0 Å². The van der Waals surface area contributed by atoms with Gasteiger partial charge in [-0.3, -0.25) is 4.68 Å². The number of alkyl halides is 2. The summed E-state index contributed by atoms with van der Waals surface area (Å²) in [6, 6.07) is 2.25. The van der Waals surface area contributed by atoms with Gasteiger partial charge in [0.15, 0.2) is 0 Å². The molecule has 0 N–H and O–H groups in total. The Balaban J connectivity index is 2.88. The molecule has 1 aromatic heterocycles. The topological polar surface area (TPSA) is 17.8 Å². The highest BCUT2D eigenvalue weighted by molar-refractivity contribution is 9.09. The molecule has 0 aromatic carbocycles. The van der Waals surface area contributed by atoms with Crippen molar-refractivity contribution < 1.29 is 0 Å². The first kappa shape index (κ1) is 15.2. The minimum absolute atomic E-state index is 0.313. The number of halogens is 2. The highest BCUT2D eigenvalue weighted by atomic mass is 79.9. The maximum absolute atomic E-state index is 4.53. The van der Waals surface area contributed by atoms with Gasteiger partial charge in [0, 0.05) is 23.4 Å². The van der Waals surface area contributed by atoms with E-state index in [0.717, 1.165) is 23.5 Å². The van der Waals surface area contributed by atoms with E-state index in [1.54, 1.807) is 0 Å². The zero-order valence-electron chi connectivity index (χ0n) is 11.0. The van der Waals surface area contributed by atoms with Crippen LogP contribution in [0.5, 0.6) is 0 Å². The molecule has 17 heavy (non-hydrogen) atoms. The molecule has 98 valence electrons. The van der Waals surface area contributed by atoms with Crippen molar-refractivity contribution >= 4 is 31.9 Å². The average Bonchev–Trinajstić information content (AvgIpc) is 2.69. The van der Waals surface area contributed by atoms with Gasteiger partial charge in [0.05, 0.1) is 5.69 Å². The summed E-state index contributed by atoms with van der Waals surface area (Å²) < 4.78 is 2.04. The predicted molar refractivity (Wildman–Crippen MR) is 81.2 cm³/mol. The summed E-state index contributed by atoms with van der Waals surface area (Å²) in [5.74, 6) is 0. The summed E-state index contributed by atoms with van der Waals surface area (Å²) in [5.41, 5.74) is 2.85. The molecule has 0 saturated heterocycles. The molecule has 0 radical (unpaired) electrons. The maximum Gasteiger partial charge on any atom is 0.0624 e. The fourth-order valence-electron chi connectivity index (χ4n) is 2.18. The number of nitrogens with zero attached hydrogens (tertiary/aromatic N) is 2. The fraction of sp³-hybridized carbons (Fsp3) is 0.769. The van der Waals surface area contributed by atoms with Gasteiger partial charge in [-0.1, -0.05) is 52.1 Å². The van der Waals surface area contributed by atoms with Gasteiger partial charge in [0.2, 0.25) is 0 Å². The van der Waals surface area contributed by atoms with E-state index < -0.39 is 0 Å². The van der Waals surface area contributed by atoms with E-state index in [1.807, 2.05) is 11.7 Å². The Labute approximate surface area is 121 Å². The summed E-state index contributed by atoms with van der Waals surface area (Å²) in [6.45, 7) is 4.40. The molecule has 0 bridgehead atoms. The molecule has 0 unspecified atom stereocenters. The molecule has 2 nitrogen and oxygen atoms in total. The van der Waals surface area contributed by atoms with Crippen molar-refractivity contribution in [2.24, 2.45) is 12.5 Å². The molecular formula is C13H22Br2N2. The highest BCUT2D eigenvalue weighted by Gasteiger charge is 2.28. The van der Waals surface area contributed by atoms with Crippen LogP contribution in [0.25, 0.3) is 0 Å². The fourth-order valence-corrected chi connectivity index (χ4v) is 4.06. The third-order valence-corrected chi connectivity index (χ3v) is 5.67. The molecule has 0 amide bonds. The number of hydrogen-bond donors (Lipinski definition) is 0. The van der Waals surface area contributed by atoms with Crippen LogP contribution in [0.15, 0.2) is 6.07 Å². The van der Waals surface area contributed by atoms with E-state index in [4.69, 9.17) is 0 Å². The van der Waals surface area contributed by atoms with Gasteiger partial charge in [-0.15, -0.1) is 0 Å². The third kappa shape index (κ3) is 3.82. The lowest BCUT2D eigenvalue weighted by molar-refractivity contribution is 0.343. The minimum Gasteiger partial charge on any atom is -0.272 e. The molecular weight excluding hydrogens is 344 g/mol. The monoisotopic (exact) mass is 364 g/mol. The first-order valence-electron chi connectivity index (χ1n) is 6.24. The zero-order valence-corrected chi connectivity index (χ0v) is 14.1. The predicted octanol–water partition coefficient (Wildman–Crippen LogP) is 4.10. The molecule has 4 heteroatoms. The molecule has 0 atom stereocenters. The van der Waals surface area contributed by atoms with E-state index in [2.05, 4.69) is 56.9 Å². The van der Waals surface area contributed by atoms with Crippen molar-refractivity contribution in [1.82, 2.24) is 9.78 Å². The van der Waals surface area contributed by atoms with E-state index >= 15 is 0 Å². The lowest BCUT2D eigenvalue weighted by Crippen LogP contribution is -2.28. The molecule has 0 aliphatic rings. The lowest BCUT2D eigenvalue weighted by Gasteiger charge is -2.29. The maximum atomic E-state index is 4.53. The van der Waals surface area contributed by atoms with Crippen LogP contribution in [0.1, 0.15) is 38.1 Å². The Morgan fingerprint density at radius 1 is 1.29 bits per heavy atom. The van der Waals surface area contributed by atoms with E-state index in [0.29, 0.717) is 5.41 Å². The van der Waals surface area contributed by atoms with Crippen LogP contribution in [0, 0.1) is 5.41 Å². The van der Waals surface area contributed by atoms with Crippen LogP contribution < -0.4 is 0 Å². The smallest absolute Gasteiger partial charge is 0.0624 e. The molecule has 0 saturated carbocycles. The van der Waals surface area contributed by atoms with E-state index in [9.17, 15) is 0 Å². The molecule has 0 spiro atoms. The lowest BCUT2D eigenvalue weighted by atomic mass is 9.83. The van der Waals surface area contributed by atoms with Gasteiger partial charge in [-0.25, -0.2) is 0 Å². The first-order valence-corrected chi connectivity index (χ1v) is 8.48. The molecule has 0 aliphatic carbocycles. The Morgan fingerprint density at radius 2 is 1.94 bits per heavy atom. The Morgan fingerprint density at radius 3 is 2.35 bits per heavy atom. The number of hydrogen-bond acceptors (Lipinski definition) is 1. The van der Waals surface area contributed by atoms with E-state index in [1.165, 1.54) is 24.2 Å². The van der Waals surface area contributed by atoms with Crippen LogP contribution in [0.2, 0.25) is 0 Å². The molecule has 1 rings (SSSR count). The van der Waals surface area contributed by atoms with Gasteiger partial charge in [0.1, 0.15) is 0 Å². The van der Waals surface area contributed by atoms with Crippen molar-refractivity contribution in [2.75, 3.05) is 10.7 Å². The van der Waals surface area contributed by atoms with Crippen LogP contribution in [-0.4, -0.2) is 20.4 Å². The molecule has 0 fully saturated rings. The van der Waals surface area contributed by atoms with Crippen LogP contribution >= 0.6 is 31.9 Å². The van der Waals surface area contributed by atoms with Crippen LogP contribution in [0.3, 0.4) is 0 Å². The molecule has 0 aliphatic heterocycles. The summed E-state index contributed by atoms with van der Waals surface area (Å²) in [5, 5.41) is 6.59. The number of aryl methyl sites for hydroxylation is 2. The molecule has 1 heterocycles. The Bertz CT molecular complexity index is 343. The van der Waals surface area contributed by atoms with Gasteiger partial charge in [-0.2, -0.15) is 5.10 Å². The second-order valence-electron chi connectivity index (χ2n) is 4.80. The second-order valence-corrected chi connectivity index (χ2v) is 5.92. The highest BCUT2D eigenvalue weighted by Crippen LogP contribution is 2.33. The SMILES string of the molecule is CCCC(CBr)(CBr)Cc1cc(CC)nn1C. The van der Waals surface area contributed by atoms with E-state index in [-0.39, 0.29) is 0 Å². The zero-order chi connectivity index (χ0) is 12.9. The number of rotatable bonds is 7. The van der Waals surface area contributed by atoms with Gasteiger partial charge >= 0.3 is 0 Å². The van der Waals surface area contributed by atoms with Crippen molar-refractivity contribution in [2.45, 2.75) is 39.5 Å². The summed E-state index contributed by atoms with van der Waals surface area (Å²) >= 11 is 7.36. The second kappa shape index (κ2) is 6.93. The minimum atomic E-state index is 0.313. The quantitative estimate of drug-likeness (QED) is 0.665. The van der Waals surface area contributed by atoms with Gasteiger partial charge in [0.25, 0.3) is 0 Å². The normalized spacial score (nSPS) is 12.1. The summed E-state index contributed by atoms with van der Waals surface area (Å²) in [7, 11) is 2.05. The van der Waals surface area contributed by atoms with Crippen LogP contribution in [-0.2, 0) is 19.9 Å². The first-order chi connectivity index (χ1) is 8.10. The van der Waals surface area contributed by atoms with Crippen molar-refractivity contribution in [1.29, 1.82) is 0 Å². The van der Waals surface area contributed by atoms with Crippen LogP contribution in [0.4, 0.5) is 0 Å². The van der Waals surface area contributed by atoms with Crippen molar-refractivity contribution in [3.63, 3.8) is 0 Å². The van der Waals surface area contributed by atoms with Gasteiger partial charge < -0.3 is 0 Å². The Hall–Kier alpha value is 0.170. The van der Waals surface area contributed by atoms with Gasteiger partial charge in [-0.05, 0) is 30.7 Å². The largest absolute Gasteiger partial charge is 0.272 e. The standard InChI is InChI=1S/C13H22Br2N2/c1-4-6-13(9-14,10-15)8-12-7-11(5-2)16-17(12)3/h7H,4-6,8-10H2,1-3H3. The average molecular weight is 366 g/mol. The summed E-state index contributed by atoms with van der Waals surface area (Å²) in [6.07, 6.45) is 4.55.